The summed E-state index contributed by atoms with van der Waals surface area (Å²) in [6, 6.07) is 36.6. The lowest BCUT2D eigenvalue weighted by Crippen LogP contribution is -2.06. The summed E-state index contributed by atoms with van der Waals surface area (Å²) in [5, 5.41) is 5.05. The fourth-order valence-electron chi connectivity index (χ4n) is 5.92. The summed E-state index contributed by atoms with van der Waals surface area (Å²) in [6.45, 7) is 0. The smallest absolute Gasteiger partial charge is 0.238 e. The standard InChI is InChI=1S/C35H20N6O/c1-3-9-21(10-4-1)33-38-34(22-11-5-2-6-12-22)40-35(39-33)41-27-14-8-7-13-24(27)25-16-17-26-29-28(42-32(26)31(25)41)18-15-23-19-36-20-37-30(23)29/h1-20H. The van der Waals surface area contributed by atoms with Crippen LogP contribution >= 0.6 is 0 Å². The van der Waals surface area contributed by atoms with Crippen LogP contribution in [0.15, 0.2) is 126 Å². The second-order valence-electron chi connectivity index (χ2n) is 10.2. The highest BCUT2D eigenvalue weighted by molar-refractivity contribution is 6.25. The molecule has 0 saturated heterocycles. The van der Waals surface area contributed by atoms with E-state index in [1.807, 2.05) is 85.1 Å². The maximum Gasteiger partial charge on any atom is 0.238 e. The molecule has 4 heterocycles. The van der Waals surface area contributed by atoms with Gasteiger partial charge in [-0.25, -0.2) is 15.0 Å². The summed E-state index contributed by atoms with van der Waals surface area (Å²) in [5.41, 5.74) is 6.10. The minimum atomic E-state index is 0.522. The average Bonchev–Trinajstić information content (AvgIpc) is 3.62. The third kappa shape index (κ3) is 3.31. The number of fused-ring (bicyclic) bond motifs is 9. The van der Waals surface area contributed by atoms with E-state index in [0.717, 1.165) is 65.8 Å². The van der Waals surface area contributed by atoms with Gasteiger partial charge < -0.3 is 4.42 Å². The first-order valence-corrected chi connectivity index (χ1v) is 13.7. The Balaban J connectivity index is 1.44. The molecule has 42 heavy (non-hydrogen) atoms. The van der Waals surface area contributed by atoms with E-state index in [2.05, 4.69) is 44.9 Å². The van der Waals surface area contributed by atoms with Gasteiger partial charge in [-0.3, -0.25) is 4.57 Å². The van der Waals surface area contributed by atoms with Gasteiger partial charge in [0.25, 0.3) is 0 Å². The van der Waals surface area contributed by atoms with Crippen LogP contribution in [0.3, 0.4) is 0 Å². The van der Waals surface area contributed by atoms with Crippen molar-refractivity contribution in [3.05, 3.63) is 122 Å². The predicted octanol–water partition coefficient (Wildman–Crippen LogP) is 8.15. The molecule has 0 N–H and O–H groups in total. The van der Waals surface area contributed by atoms with Crippen molar-refractivity contribution in [2.24, 2.45) is 0 Å². The van der Waals surface area contributed by atoms with E-state index in [0.29, 0.717) is 17.6 Å². The van der Waals surface area contributed by atoms with Crippen LogP contribution in [0.5, 0.6) is 0 Å². The quantitative estimate of drug-likeness (QED) is 0.225. The molecular weight excluding hydrogens is 520 g/mol. The van der Waals surface area contributed by atoms with Gasteiger partial charge in [0.05, 0.1) is 16.4 Å². The molecule has 0 fully saturated rings. The first kappa shape index (κ1) is 22.8. The van der Waals surface area contributed by atoms with E-state index in [-0.39, 0.29) is 0 Å². The number of hydrogen-bond donors (Lipinski definition) is 0. The number of hydrogen-bond acceptors (Lipinski definition) is 6. The number of benzene rings is 5. The van der Waals surface area contributed by atoms with Gasteiger partial charge in [-0.2, -0.15) is 9.97 Å². The number of furan rings is 1. The van der Waals surface area contributed by atoms with Gasteiger partial charge in [0.1, 0.15) is 17.4 Å². The molecule has 4 aromatic heterocycles. The SMILES string of the molecule is c1ccc(-c2nc(-c3ccccc3)nc(-n3c4ccccc4c4ccc5c(oc6ccc7cncnc7c65)c43)n2)cc1. The highest BCUT2D eigenvalue weighted by Crippen LogP contribution is 2.41. The van der Waals surface area contributed by atoms with Crippen LogP contribution in [0, 0.1) is 0 Å². The average molecular weight is 541 g/mol. The minimum Gasteiger partial charge on any atom is -0.454 e. The van der Waals surface area contributed by atoms with Crippen LogP contribution in [-0.4, -0.2) is 29.5 Å². The monoisotopic (exact) mass is 540 g/mol. The van der Waals surface area contributed by atoms with Crippen molar-refractivity contribution in [2.45, 2.75) is 0 Å². The minimum absolute atomic E-state index is 0.522. The van der Waals surface area contributed by atoms with E-state index < -0.39 is 0 Å². The Bertz CT molecular complexity index is 2410. The Morgan fingerprint density at radius 2 is 1.29 bits per heavy atom. The fraction of sp³-hybridized carbons (Fsp3) is 0. The molecule has 0 amide bonds. The van der Waals surface area contributed by atoms with E-state index in [1.54, 1.807) is 6.33 Å². The topological polar surface area (TPSA) is 82.5 Å². The zero-order valence-electron chi connectivity index (χ0n) is 22.1. The van der Waals surface area contributed by atoms with Gasteiger partial charge in [0, 0.05) is 38.9 Å². The van der Waals surface area contributed by atoms with Crippen molar-refractivity contribution in [3.63, 3.8) is 0 Å². The van der Waals surface area contributed by atoms with Crippen LogP contribution in [0.1, 0.15) is 0 Å². The highest BCUT2D eigenvalue weighted by atomic mass is 16.3. The number of nitrogens with zero attached hydrogens (tertiary/aromatic N) is 6. The van der Waals surface area contributed by atoms with Gasteiger partial charge in [0.15, 0.2) is 17.2 Å². The molecule has 0 atom stereocenters. The summed E-state index contributed by atoms with van der Waals surface area (Å²) in [7, 11) is 0. The van der Waals surface area contributed by atoms with E-state index in [1.165, 1.54) is 0 Å². The maximum atomic E-state index is 6.64. The van der Waals surface area contributed by atoms with Crippen LogP contribution in [0.25, 0.3) is 83.4 Å². The van der Waals surface area contributed by atoms with Crippen LogP contribution in [-0.2, 0) is 0 Å². The lowest BCUT2D eigenvalue weighted by atomic mass is 10.1. The molecular formula is C35H20N6O. The first-order valence-electron chi connectivity index (χ1n) is 13.7. The van der Waals surface area contributed by atoms with Crippen LogP contribution in [0.4, 0.5) is 0 Å². The van der Waals surface area contributed by atoms with Gasteiger partial charge in [0.2, 0.25) is 5.95 Å². The zero-order valence-corrected chi connectivity index (χ0v) is 22.1. The second-order valence-corrected chi connectivity index (χ2v) is 10.2. The molecule has 0 aliphatic carbocycles. The number of aromatic nitrogens is 6. The lowest BCUT2D eigenvalue weighted by molar-refractivity contribution is 0.671. The third-order valence-corrected chi connectivity index (χ3v) is 7.80. The summed E-state index contributed by atoms with van der Waals surface area (Å²) < 4.78 is 8.75. The Morgan fingerprint density at radius 1 is 0.595 bits per heavy atom. The third-order valence-electron chi connectivity index (χ3n) is 7.80. The maximum absolute atomic E-state index is 6.64. The first-order chi connectivity index (χ1) is 20.8. The van der Waals surface area contributed by atoms with Crippen LogP contribution in [0.2, 0.25) is 0 Å². The highest BCUT2D eigenvalue weighted by Gasteiger charge is 2.22. The van der Waals surface area contributed by atoms with Gasteiger partial charge in [-0.1, -0.05) is 84.9 Å². The zero-order chi connectivity index (χ0) is 27.6. The summed E-state index contributed by atoms with van der Waals surface area (Å²) >= 11 is 0. The van der Waals surface area contributed by atoms with Gasteiger partial charge >= 0.3 is 0 Å². The van der Waals surface area contributed by atoms with E-state index in [9.17, 15) is 0 Å². The molecule has 0 unspecified atom stereocenters. The molecule has 0 aliphatic rings. The van der Waals surface area contributed by atoms with E-state index in [4.69, 9.17) is 19.4 Å². The molecule has 7 heteroatoms. The van der Waals surface area contributed by atoms with Crippen molar-refractivity contribution in [2.75, 3.05) is 0 Å². The fourth-order valence-corrected chi connectivity index (χ4v) is 5.92. The van der Waals surface area contributed by atoms with Crippen molar-refractivity contribution < 1.29 is 4.42 Å². The normalized spacial score (nSPS) is 11.8. The van der Waals surface area contributed by atoms with Crippen molar-refractivity contribution >= 4 is 54.6 Å². The Morgan fingerprint density at radius 3 is 2.05 bits per heavy atom. The van der Waals surface area contributed by atoms with Gasteiger partial charge in [-0.15, -0.1) is 0 Å². The number of para-hydroxylation sites is 1. The van der Waals surface area contributed by atoms with E-state index >= 15 is 0 Å². The van der Waals surface area contributed by atoms with Crippen molar-refractivity contribution in [1.29, 1.82) is 0 Å². The molecule has 7 nitrogen and oxygen atoms in total. The molecule has 0 spiro atoms. The molecule has 9 rings (SSSR count). The van der Waals surface area contributed by atoms with Crippen LogP contribution < -0.4 is 0 Å². The molecule has 0 bridgehead atoms. The summed E-state index contributed by atoms with van der Waals surface area (Å²) in [4.78, 5) is 23.9. The molecule has 0 radical (unpaired) electrons. The Hall–Kier alpha value is -5.95. The Kier molecular flexibility index (Phi) is 4.77. The van der Waals surface area contributed by atoms with Gasteiger partial charge in [-0.05, 0) is 24.3 Å². The predicted molar refractivity (Wildman–Crippen MR) is 165 cm³/mol. The largest absolute Gasteiger partial charge is 0.454 e. The summed E-state index contributed by atoms with van der Waals surface area (Å²) in [5.74, 6) is 1.73. The molecule has 0 saturated carbocycles. The Labute approximate surface area is 238 Å². The molecule has 5 aromatic carbocycles. The second kappa shape index (κ2) is 8.78. The molecule has 9 aromatic rings. The number of rotatable bonds is 3. The summed E-state index contributed by atoms with van der Waals surface area (Å²) in [6.07, 6.45) is 3.41. The van der Waals surface area contributed by atoms with Crippen molar-refractivity contribution in [1.82, 2.24) is 29.5 Å². The molecule has 196 valence electrons. The van der Waals surface area contributed by atoms with Crippen molar-refractivity contribution in [3.8, 4) is 28.7 Å². The lowest BCUT2D eigenvalue weighted by Gasteiger charge is -2.11. The molecule has 0 aliphatic heterocycles.